The number of aliphatic carboxylic acids is 1. The zero-order valence-electron chi connectivity index (χ0n) is 9.60. The normalized spacial score (nSPS) is 10.5. The fourth-order valence-electron chi connectivity index (χ4n) is 1.56. The molecule has 1 heterocycles. The third-order valence-electron chi connectivity index (χ3n) is 2.46. The Balaban J connectivity index is 1.97. The van der Waals surface area contributed by atoms with E-state index in [9.17, 15) is 4.79 Å². The highest BCUT2D eigenvalue weighted by Gasteiger charge is 2.05. The highest BCUT2D eigenvalue weighted by atomic mass is 35.5. The average Bonchev–Trinajstić information content (AvgIpc) is 2.77. The molecule has 18 heavy (non-hydrogen) atoms. The van der Waals surface area contributed by atoms with Crippen LogP contribution in [0.1, 0.15) is 22.7 Å². The molecule has 0 bridgehead atoms. The standard InChI is InChI=1S/C13H12ClNO2S/c14-10-3-1-9(2-4-10)7-12-15-11(8-18-12)5-6-13(16)17/h1-4,8H,5-7H2,(H,16,17). The van der Waals surface area contributed by atoms with Crippen LogP contribution in [0, 0.1) is 0 Å². The summed E-state index contributed by atoms with van der Waals surface area (Å²) in [6.45, 7) is 0. The number of hydrogen-bond acceptors (Lipinski definition) is 3. The number of hydrogen-bond donors (Lipinski definition) is 1. The van der Waals surface area contributed by atoms with Gasteiger partial charge in [-0.25, -0.2) is 4.98 Å². The molecule has 2 rings (SSSR count). The lowest BCUT2D eigenvalue weighted by atomic mass is 10.2. The summed E-state index contributed by atoms with van der Waals surface area (Å²) in [6, 6.07) is 7.66. The van der Waals surface area contributed by atoms with Crippen molar-refractivity contribution in [3.63, 3.8) is 0 Å². The van der Waals surface area contributed by atoms with Gasteiger partial charge < -0.3 is 5.11 Å². The average molecular weight is 282 g/mol. The molecule has 0 saturated carbocycles. The van der Waals surface area contributed by atoms with E-state index in [1.54, 1.807) is 11.3 Å². The lowest BCUT2D eigenvalue weighted by molar-refractivity contribution is -0.136. The largest absolute Gasteiger partial charge is 0.481 e. The number of benzene rings is 1. The van der Waals surface area contributed by atoms with Crippen molar-refractivity contribution >= 4 is 28.9 Å². The first kappa shape index (κ1) is 13.1. The van der Waals surface area contributed by atoms with Crippen LogP contribution < -0.4 is 0 Å². The molecule has 5 heteroatoms. The zero-order chi connectivity index (χ0) is 13.0. The minimum absolute atomic E-state index is 0.129. The van der Waals surface area contributed by atoms with Gasteiger partial charge in [0.15, 0.2) is 0 Å². The fourth-order valence-corrected chi connectivity index (χ4v) is 2.55. The maximum Gasteiger partial charge on any atom is 0.303 e. The van der Waals surface area contributed by atoms with E-state index in [0.29, 0.717) is 6.42 Å². The van der Waals surface area contributed by atoms with Gasteiger partial charge in [-0.05, 0) is 17.7 Å². The lowest BCUT2D eigenvalue weighted by Gasteiger charge is -1.97. The molecule has 0 aliphatic heterocycles. The van der Waals surface area contributed by atoms with Crippen LogP contribution in [0.15, 0.2) is 29.6 Å². The first-order valence-corrected chi connectivity index (χ1v) is 6.79. The zero-order valence-corrected chi connectivity index (χ0v) is 11.2. The van der Waals surface area contributed by atoms with Crippen molar-refractivity contribution < 1.29 is 9.90 Å². The number of halogens is 1. The maximum absolute atomic E-state index is 10.5. The highest BCUT2D eigenvalue weighted by molar-refractivity contribution is 7.09. The molecule has 1 N–H and O–H groups in total. The molecule has 0 aliphatic rings. The van der Waals surface area contributed by atoms with Gasteiger partial charge in [0, 0.05) is 23.2 Å². The molecule has 3 nitrogen and oxygen atoms in total. The molecule has 1 aromatic heterocycles. The van der Waals surface area contributed by atoms with Crippen molar-refractivity contribution in [2.24, 2.45) is 0 Å². The topological polar surface area (TPSA) is 50.2 Å². The van der Waals surface area contributed by atoms with Crippen molar-refractivity contribution in [2.75, 3.05) is 0 Å². The lowest BCUT2D eigenvalue weighted by Crippen LogP contribution is -1.98. The molecule has 0 saturated heterocycles. The maximum atomic E-state index is 10.5. The van der Waals surface area contributed by atoms with E-state index in [2.05, 4.69) is 4.98 Å². The molecule has 0 radical (unpaired) electrons. The Morgan fingerprint density at radius 1 is 1.33 bits per heavy atom. The Bertz CT molecular complexity index is 536. The summed E-state index contributed by atoms with van der Waals surface area (Å²) in [6.07, 6.45) is 1.38. The van der Waals surface area contributed by atoms with Crippen LogP contribution in [0.5, 0.6) is 0 Å². The number of carbonyl (C=O) groups is 1. The molecule has 94 valence electrons. The van der Waals surface area contributed by atoms with E-state index in [4.69, 9.17) is 16.7 Å². The van der Waals surface area contributed by atoms with Crippen LogP contribution in [0.4, 0.5) is 0 Å². The van der Waals surface area contributed by atoms with Gasteiger partial charge in [-0.1, -0.05) is 23.7 Å². The smallest absolute Gasteiger partial charge is 0.303 e. The van der Waals surface area contributed by atoms with Crippen molar-refractivity contribution in [2.45, 2.75) is 19.3 Å². The van der Waals surface area contributed by atoms with Crippen LogP contribution in [0.25, 0.3) is 0 Å². The Morgan fingerprint density at radius 2 is 2.06 bits per heavy atom. The van der Waals surface area contributed by atoms with Gasteiger partial charge in [-0.3, -0.25) is 4.79 Å². The van der Waals surface area contributed by atoms with E-state index < -0.39 is 5.97 Å². The van der Waals surface area contributed by atoms with Crippen molar-refractivity contribution in [3.8, 4) is 0 Å². The second-order valence-electron chi connectivity index (χ2n) is 3.93. The number of aromatic nitrogens is 1. The van der Waals surface area contributed by atoms with Gasteiger partial charge in [0.25, 0.3) is 0 Å². The molecule has 0 fully saturated rings. The van der Waals surface area contributed by atoms with E-state index >= 15 is 0 Å². The Morgan fingerprint density at radius 3 is 2.72 bits per heavy atom. The third-order valence-corrected chi connectivity index (χ3v) is 3.61. The molecular formula is C13H12ClNO2S. The Hall–Kier alpha value is -1.39. The summed E-state index contributed by atoms with van der Waals surface area (Å²) in [4.78, 5) is 14.9. The first-order chi connectivity index (χ1) is 8.63. The van der Waals surface area contributed by atoms with E-state index in [1.165, 1.54) is 0 Å². The van der Waals surface area contributed by atoms with Crippen LogP contribution in [-0.4, -0.2) is 16.1 Å². The minimum Gasteiger partial charge on any atom is -0.481 e. The van der Waals surface area contributed by atoms with E-state index in [0.717, 1.165) is 27.7 Å². The molecule has 0 aliphatic carbocycles. The van der Waals surface area contributed by atoms with Crippen molar-refractivity contribution in [1.29, 1.82) is 0 Å². The van der Waals surface area contributed by atoms with Gasteiger partial charge >= 0.3 is 5.97 Å². The molecular weight excluding hydrogens is 270 g/mol. The van der Waals surface area contributed by atoms with Gasteiger partial charge in [0.1, 0.15) is 0 Å². The van der Waals surface area contributed by atoms with Gasteiger partial charge in [0.05, 0.1) is 17.1 Å². The highest BCUT2D eigenvalue weighted by Crippen LogP contribution is 2.17. The number of aryl methyl sites for hydroxylation is 1. The molecule has 0 amide bonds. The number of carboxylic acid groups (broad SMARTS) is 1. The summed E-state index contributed by atoms with van der Waals surface area (Å²) in [5.74, 6) is -0.790. The van der Waals surface area contributed by atoms with Crippen LogP contribution in [-0.2, 0) is 17.6 Å². The fraction of sp³-hybridized carbons (Fsp3) is 0.231. The molecule has 0 unspecified atom stereocenters. The second-order valence-corrected chi connectivity index (χ2v) is 5.31. The van der Waals surface area contributed by atoms with Gasteiger partial charge in [-0.15, -0.1) is 11.3 Å². The monoisotopic (exact) mass is 281 g/mol. The molecule has 0 spiro atoms. The molecule has 2 aromatic rings. The first-order valence-electron chi connectivity index (χ1n) is 5.53. The van der Waals surface area contributed by atoms with Crippen LogP contribution >= 0.6 is 22.9 Å². The van der Waals surface area contributed by atoms with Crippen molar-refractivity contribution in [1.82, 2.24) is 4.98 Å². The number of rotatable bonds is 5. The summed E-state index contributed by atoms with van der Waals surface area (Å²) in [5.41, 5.74) is 2.00. The Kier molecular flexibility index (Phi) is 4.33. The third kappa shape index (κ3) is 3.82. The minimum atomic E-state index is -0.790. The quantitative estimate of drug-likeness (QED) is 0.914. The number of nitrogens with zero attached hydrogens (tertiary/aromatic N) is 1. The molecule has 1 aromatic carbocycles. The van der Waals surface area contributed by atoms with Gasteiger partial charge in [0.2, 0.25) is 0 Å². The van der Waals surface area contributed by atoms with Crippen LogP contribution in [0.2, 0.25) is 5.02 Å². The summed E-state index contributed by atoms with van der Waals surface area (Å²) >= 11 is 7.38. The summed E-state index contributed by atoms with van der Waals surface area (Å²) in [5, 5.41) is 12.3. The van der Waals surface area contributed by atoms with Crippen molar-refractivity contribution in [3.05, 3.63) is 50.9 Å². The van der Waals surface area contributed by atoms with E-state index in [1.807, 2.05) is 29.6 Å². The predicted molar refractivity (Wildman–Crippen MR) is 72.3 cm³/mol. The molecule has 0 atom stereocenters. The number of thiazole rings is 1. The van der Waals surface area contributed by atoms with E-state index in [-0.39, 0.29) is 6.42 Å². The predicted octanol–water partition coefficient (Wildman–Crippen LogP) is 3.40. The Labute approximate surface area is 114 Å². The van der Waals surface area contributed by atoms with Gasteiger partial charge in [-0.2, -0.15) is 0 Å². The van der Waals surface area contributed by atoms with Crippen LogP contribution in [0.3, 0.4) is 0 Å². The number of carboxylic acids is 1. The summed E-state index contributed by atoms with van der Waals surface area (Å²) < 4.78 is 0. The second kappa shape index (κ2) is 5.98. The summed E-state index contributed by atoms with van der Waals surface area (Å²) in [7, 11) is 0. The SMILES string of the molecule is O=C(O)CCc1csc(Cc2ccc(Cl)cc2)n1.